The Morgan fingerprint density at radius 2 is 1.75 bits per heavy atom. The molecule has 0 saturated carbocycles. The monoisotopic (exact) mass is 311 g/mol. The van der Waals surface area contributed by atoms with Crippen LogP contribution in [0, 0.1) is 0 Å². The van der Waals surface area contributed by atoms with Crippen molar-refractivity contribution in [2.24, 2.45) is 4.36 Å². The standard InChI is InChI=1S/C8H4Cl3N3S2/c9-15-8-7(14-16(10)11)12-5-3-1-2-4-6(5)13-8/h1-4H. The molecule has 1 heterocycles. The predicted octanol–water partition coefficient (Wildman–Crippen LogP) is 4.62. The van der Waals surface area contributed by atoms with Gasteiger partial charge in [0.25, 0.3) is 0 Å². The van der Waals surface area contributed by atoms with Crippen molar-refractivity contribution < 1.29 is 0 Å². The molecule has 8 heteroatoms. The molecule has 0 bridgehead atoms. The fourth-order valence-electron chi connectivity index (χ4n) is 1.15. The van der Waals surface area contributed by atoms with Crippen molar-refractivity contribution in [3.63, 3.8) is 0 Å². The first-order valence-electron chi connectivity index (χ1n) is 4.04. The van der Waals surface area contributed by atoms with E-state index in [1.807, 2.05) is 24.3 Å². The molecule has 0 atom stereocenters. The van der Waals surface area contributed by atoms with Gasteiger partial charge in [0.05, 0.1) is 20.2 Å². The predicted molar refractivity (Wildman–Crippen MR) is 72.4 cm³/mol. The van der Waals surface area contributed by atoms with Gasteiger partial charge in [0.2, 0.25) is 0 Å². The maximum absolute atomic E-state index is 5.69. The van der Waals surface area contributed by atoms with E-state index in [2.05, 4.69) is 14.3 Å². The number of fused-ring (bicyclic) bond motifs is 1. The van der Waals surface area contributed by atoms with Crippen LogP contribution in [-0.2, 0) is 9.12 Å². The van der Waals surface area contributed by atoms with Crippen LogP contribution in [0.25, 0.3) is 11.0 Å². The summed E-state index contributed by atoms with van der Waals surface area (Å²) >= 11 is 0. The van der Waals surface area contributed by atoms with Gasteiger partial charge in [-0.25, -0.2) is 9.97 Å². The lowest BCUT2D eigenvalue weighted by atomic mass is 10.3. The van der Waals surface area contributed by atoms with Gasteiger partial charge in [-0.3, -0.25) is 0 Å². The number of hydrogen-bond donors (Lipinski definition) is 0. The van der Waals surface area contributed by atoms with Gasteiger partial charge in [-0.15, -0.1) is 0 Å². The van der Waals surface area contributed by atoms with E-state index in [1.165, 1.54) is 0 Å². The summed E-state index contributed by atoms with van der Waals surface area (Å²) in [6.45, 7) is 0. The quantitative estimate of drug-likeness (QED) is 0.812. The van der Waals surface area contributed by atoms with Crippen LogP contribution in [0.15, 0.2) is 33.7 Å². The number of rotatable bonds is 2. The lowest BCUT2D eigenvalue weighted by Crippen LogP contribution is -1.87. The lowest BCUT2D eigenvalue weighted by Gasteiger charge is -2.02. The fraction of sp³-hybridized carbons (Fsp3) is 0. The first-order chi connectivity index (χ1) is 7.70. The molecule has 2 rings (SSSR count). The Labute approximate surface area is 112 Å². The van der Waals surface area contributed by atoms with Crippen molar-refractivity contribution in [1.82, 2.24) is 9.97 Å². The summed E-state index contributed by atoms with van der Waals surface area (Å²) in [4.78, 5) is 8.60. The molecular weight excluding hydrogens is 309 g/mol. The number of nitrogens with zero attached hydrogens (tertiary/aromatic N) is 3. The van der Waals surface area contributed by atoms with Gasteiger partial charge >= 0.3 is 0 Å². The van der Waals surface area contributed by atoms with E-state index in [1.54, 1.807) is 0 Å². The molecule has 0 radical (unpaired) electrons. The largest absolute Gasteiger partial charge is 0.235 e. The highest BCUT2D eigenvalue weighted by molar-refractivity contribution is 8.28. The minimum Gasteiger partial charge on any atom is -0.235 e. The zero-order chi connectivity index (χ0) is 11.5. The van der Waals surface area contributed by atoms with Crippen LogP contribution in [0.5, 0.6) is 0 Å². The highest BCUT2D eigenvalue weighted by Gasteiger charge is 2.08. The van der Waals surface area contributed by atoms with E-state index in [-0.39, 0.29) is 0 Å². The Kier molecular flexibility index (Phi) is 4.27. The molecule has 1 aromatic carbocycles. The van der Waals surface area contributed by atoms with Gasteiger partial charge in [0.1, 0.15) is 0 Å². The summed E-state index contributed by atoms with van der Waals surface area (Å²) < 4.78 is 3.96. The molecule has 0 aliphatic heterocycles. The number of aromatic nitrogens is 2. The summed E-state index contributed by atoms with van der Waals surface area (Å²) in [5.74, 6) is 0.368. The second-order valence-electron chi connectivity index (χ2n) is 2.71. The average molecular weight is 313 g/mol. The maximum Gasteiger partial charge on any atom is 0.195 e. The molecule has 0 N–H and O–H groups in total. The number of halogens is 3. The summed E-state index contributed by atoms with van der Waals surface area (Å²) in [5, 5.41) is 0.499. The molecule has 16 heavy (non-hydrogen) atoms. The molecule has 0 aliphatic carbocycles. The molecule has 0 aliphatic rings. The zero-order valence-electron chi connectivity index (χ0n) is 7.60. The Morgan fingerprint density at radius 1 is 1.12 bits per heavy atom. The number of benzene rings is 1. The third-order valence-electron chi connectivity index (χ3n) is 1.75. The van der Waals surface area contributed by atoms with Crippen molar-refractivity contribution >= 4 is 69.0 Å². The van der Waals surface area contributed by atoms with Gasteiger partial charge in [0.15, 0.2) is 10.8 Å². The fourth-order valence-corrected chi connectivity index (χ4v) is 2.46. The van der Waals surface area contributed by atoms with Gasteiger partial charge in [0, 0.05) is 11.0 Å². The second-order valence-corrected chi connectivity index (χ2v) is 6.51. The molecule has 0 spiro atoms. The molecule has 3 nitrogen and oxygen atoms in total. The van der Waals surface area contributed by atoms with Crippen LogP contribution in [0.3, 0.4) is 0 Å². The minimum atomic E-state index is -1.13. The first-order valence-corrected chi connectivity index (χ1v) is 8.52. The van der Waals surface area contributed by atoms with Crippen molar-refractivity contribution in [2.75, 3.05) is 0 Å². The van der Waals surface area contributed by atoms with Crippen LogP contribution in [0.1, 0.15) is 0 Å². The van der Waals surface area contributed by atoms with E-state index < -0.39 is 9.12 Å². The maximum atomic E-state index is 5.69. The number of hydrogen-bond acceptors (Lipinski definition) is 4. The summed E-state index contributed by atoms with van der Waals surface area (Å²) in [7, 11) is 16.7. The molecule has 1 aromatic heterocycles. The average Bonchev–Trinajstić information content (AvgIpc) is 2.27. The van der Waals surface area contributed by atoms with E-state index in [9.17, 15) is 0 Å². The lowest BCUT2D eigenvalue weighted by molar-refractivity contribution is 1.12. The Morgan fingerprint density at radius 3 is 2.31 bits per heavy atom. The van der Waals surface area contributed by atoms with Crippen LogP contribution < -0.4 is 0 Å². The highest BCUT2D eigenvalue weighted by atomic mass is 36.0. The second kappa shape index (κ2) is 5.51. The third kappa shape index (κ3) is 2.78. The third-order valence-corrected chi connectivity index (χ3v) is 3.33. The Balaban J connectivity index is 2.67. The molecule has 84 valence electrons. The van der Waals surface area contributed by atoms with Crippen LogP contribution >= 0.6 is 43.0 Å². The van der Waals surface area contributed by atoms with Crippen LogP contribution in [-0.4, -0.2) is 9.97 Å². The molecule has 0 saturated heterocycles. The normalized spacial score (nSPS) is 11.0. The smallest absolute Gasteiger partial charge is 0.195 e. The molecule has 2 aromatic rings. The summed E-state index contributed by atoms with van der Waals surface area (Å²) in [6.07, 6.45) is 0. The van der Waals surface area contributed by atoms with E-state index in [0.717, 1.165) is 22.0 Å². The molecular formula is C8H4Cl3N3S2. The first kappa shape index (κ1) is 12.4. The van der Waals surface area contributed by atoms with Gasteiger partial charge in [-0.1, -0.05) is 12.1 Å². The van der Waals surface area contributed by atoms with Crippen molar-refractivity contribution in [1.29, 1.82) is 0 Å². The molecule has 0 amide bonds. The summed E-state index contributed by atoms with van der Waals surface area (Å²) in [6, 6.07) is 7.44. The van der Waals surface area contributed by atoms with Gasteiger partial charge in [-0.05, 0) is 44.2 Å². The Hall–Kier alpha value is -0.0700. The van der Waals surface area contributed by atoms with Gasteiger partial charge < -0.3 is 0 Å². The topological polar surface area (TPSA) is 38.1 Å². The van der Waals surface area contributed by atoms with E-state index in [0.29, 0.717) is 10.8 Å². The van der Waals surface area contributed by atoms with Crippen molar-refractivity contribution in [3.8, 4) is 0 Å². The molecule has 0 unspecified atom stereocenters. The van der Waals surface area contributed by atoms with Crippen molar-refractivity contribution in [3.05, 3.63) is 24.3 Å². The summed E-state index contributed by atoms with van der Waals surface area (Å²) in [5.41, 5.74) is 1.49. The SMILES string of the molecule is ClSc1nc2ccccc2nc1N=S(Cl)Cl. The minimum absolute atomic E-state index is 0.368. The highest BCUT2D eigenvalue weighted by Crippen LogP contribution is 2.31. The number of para-hydroxylation sites is 2. The van der Waals surface area contributed by atoms with Gasteiger partial charge in [-0.2, -0.15) is 4.36 Å². The molecule has 0 fully saturated rings. The van der Waals surface area contributed by atoms with Crippen LogP contribution in [0.2, 0.25) is 0 Å². The Bertz CT molecular complexity index is 557. The van der Waals surface area contributed by atoms with Crippen LogP contribution in [0.4, 0.5) is 5.82 Å². The van der Waals surface area contributed by atoms with E-state index >= 15 is 0 Å². The zero-order valence-corrected chi connectivity index (χ0v) is 11.5. The van der Waals surface area contributed by atoms with Crippen molar-refractivity contribution in [2.45, 2.75) is 5.03 Å². The van der Waals surface area contributed by atoms with E-state index in [4.69, 9.17) is 32.0 Å².